The second kappa shape index (κ2) is 9.07. The number of carbonyl (C=O) groups excluding carboxylic acids is 1. The first-order valence-corrected chi connectivity index (χ1v) is 10.2. The number of carbonyl (C=O) groups is 1. The Hall–Kier alpha value is -2.58. The fourth-order valence-electron chi connectivity index (χ4n) is 2.74. The van der Waals surface area contributed by atoms with E-state index < -0.39 is 10.0 Å². The molecular formula is C20H26N2O5S. The van der Waals surface area contributed by atoms with Crippen LogP contribution in [0.1, 0.15) is 35.3 Å². The van der Waals surface area contributed by atoms with Gasteiger partial charge in [0.05, 0.1) is 25.2 Å². The number of hydrogen-bond donors (Lipinski definition) is 1. The van der Waals surface area contributed by atoms with Crippen LogP contribution in [-0.4, -0.2) is 46.9 Å². The second-order valence-electron chi connectivity index (χ2n) is 6.36. The highest BCUT2D eigenvalue weighted by molar-refractivity contribution is 7.89. The number of rotatable bonds is 8. The topological polar surface area (TPSA) is 84.9 Å². The highest BCUT2D eigenvalue weighted by Crippen LogP contribution is 2.31. The molecule has 2 rings (SSSR count). The van der Waals surface area contributed by atoms with Crippen LogP contribution in [0, 0.1) is 0 Å². The lowest BCUT2D eigenvalue weighted by atomic mass is 10.0. The predicted octanol–water partition coefficient (Wildman–Crippen LogP) is 2.84. The summed E-state index contributed by atoms with van der Waals surface area (Å²) in [7, 11) is 2.40. The first-order chi connectivity index (χ1) is 13.2. The summed E-state index contributed by atoms with van der Waals surface area (Å²) in [5.74, 6) is 0.832. The summed E-state index contributed by atoms with van der Waals surface area (Å²) < 4.78 is 36.3. The van der Waals surface area contributed by atoms with E-state index in [2.05, 4.69) is 5.32 Å². The van der Waals surface area contributed by atoms with Crippen LogP contribution >= 0.6 is 0 Å². The smallest absolute Gasteiger partial charge is 0.251 e. The van der Waals surface area contributed by atoms with E-state index >= 15 is 0 Å². The van der Waals surface area contributed by atoms with Gasteiger partial charge in [0.15, 0.2) is 11.5 Å². The van der Waals surface area contributed by atoms with Gasteiger partial charge < -0.3 is 14.8 Å². The Morgan fingerprint density at radius 3 is 2.32 bits per heavy atom. The molecule has 0 aromatic heterocycles. The third-order valence-electron chi connectivity index (χ3n) is 4.40. The molecule has 1 atom stereocenters. The van der Waals surface area contributed by atoms with Gasteiger partial charge in [-0.05, 0) is 42.3 Å². The molecule has 0 saturated heterocycles. The van der Waals surface area contributed by atoms with Crippen molar-refractivity contribution >= 4 is 15.9 Å². The highest BCUT2D eigenvalue weighted by Gasteiger charge is 2.20. The van der Waals surface area contributed by atoms with E-state index in [0.717, 1.165) is 9.87 Å². The molecule has 1 N–H and O–H groups in total. The Kier molecular flexibility index (Phi) is 7.04. The summed E-state index contributed by atoms with van der Waals surface area (Å²) in [4.78, 5) is 12.8. The minimum absolute atomic E-state index is 0.0734. The maximum Gasteiger partial charge on any atom is 0.251 e. The van der Waals surface area contributed by atoms with Crippen LogP contribution in [0.2, 0.25) is 0 Å². The number of sulfonamides is 1. The molecule has 152 valence electrons. The van der Waals surface area contributed by atoms with Crippen molar-refractivity contribution in [3.63, 3.8) is 0 Å². The highest BCUT2D eigenvalue weighted by atomic mass is 32.2. The quantitative estimate of drug-likeness (QED) is 0.729. The molecule has 28 heavy (non-hydrogen) atoms. The Bertz CT molecular complexity index is 941. The summed E-state index contributed by atoms with van der Waals surface area (Å²) >= 11 is 0. The molecule has 0 aliphatic heterocycles. The normalized spacial score (nSPS) is 12.5. The molecule has 0 heterocycles. The molecule has 0 spiro atoms. The van der Waals surface area contributed by atoms with Gasteiger partial charge in [0.25, 0.3) is 5.91 Å². The molecule has 0 radical (unpaired) electrons. The number of hydrogen-bond acceptors (Lipinski definition) is 5. The fourth-order valence-corrected chi connectivity index (χ4v) is 3.69. The van der Waals surface area contributed by atoms with E-state index in [0.29, 0.717) is 17.9 Å². The molecule has 0 aliphatic rings. The van der Waals surface area contributed by atoms with Crippen molar-refractivity contribution in [2.45, 2.75) is 24.3 Å². The van der Waals surface area contributed by atoms with Crippen molar-refractivity contribution < 1.29 is 22.7 Å². The number of amides is 1. The van der Waals surface area contributed by atoms with Crippen LogP contribution in [0.3, 0.4) is 0 Å². The fraction of sp³-hybridized carbons (Fsp3) is 0.350. The number of nitrogens with zero attached hydrogens (tertiary/aromatic N) is 1. The lowest BCUT2D eigenvalue weighted by molar-refractivity contribution is 0.0935. The van der Waals surface area contributed by atoms with Crippen molar-refractivity contribution in [2.24, 2.45) is 0 Å². The molecule has 0 unspecified atom stereocenters. The van der Waals surface area contributed by atoms with E-state index in [-0.39, 0.29) is 22.4 Å². The second-order valence-corrected chi connectivity index (χ2v) is 8.52. The predicted molar refractivity (Wildman–Crippen MR) is 107 cm³/mol. The number of ether oxygens (including phenoxy) is 2. The van der Waals surface area contributed by atoms with Crippen LogP contribution in [0.5, 0.6) is 11.5 Å². The number of methoxy groups -OCH3 is 2. The van der Waals surface area contributed by atoms with Gasteiger partial charge in [-0.3, -0.25) is 4.79 Å². The van der Waals surface area contributed by atoms with Crippen LogP contribution in [0.25, 0.3) is 0 Å². The first-order valence-electron chi connectivity index (χ1n) is 8.80. The van der Waals surface area contributed by atoms with Crippen LogP contribution in [0.15, 0.2) is 47.4 Å². The summed E-state index contributed by atoms with van der Waals surface area (Å²) in [6.07, 6.45) is 0.650. The average molecular weight is 407 g/mol. The van der Waals surface area contributed by atoms with Crippen molar-refractivity contribution in [2.75, 3.05) is 28.3 Å². The molecule has 0 bridgehead atoms. The Balaban J connectivity index is 2.28. The van der Waals surface area contributed by atoms with E-state index in [1.165, 1.54) is 26.2 Å². The van der Waals surface area contributed by atoms with Gasteiger partial charge in [0.2, 0.25) is 10.0 Å². The SMILES string of the molecule is CC[C@H](NC(=O)c1cccc(S(=O)(=O)N(C)C)c1)c1ccc(OC)c(OC)c1. The van der Waals surface area contributed by atoms with Gasteiger partial charge >= 0.3 is 0 Å². The monoisotopic (exact) mass is 406 g/mol. The average Bonchev–Trinajstić information content (AvgIpc) is 2.71. The maximum absolute atomic E-state index is 12.7. The van der Waals surface area contributed by atoms with Crippen molar-refractivity contribution in [3.05, 3.63) is 53.6 Å². The molecule has 1 amide bonds. The molecule has 7 nitrogen and oxygen atoms in total. The standard InChI is InChI=1S/C20H26N2O5S/c1-6-17(14-10-11-18(26-4)19(13-14)27-5)21-20(23)15-8-7-9-16(12-15)28(24,25)22(2)3/h7-13,17H,6H2,1-5H3,(H,21,23)/t17-/m0/s1. The summed E-state index contributed by atoms with van der Waals surface area (Å²) in [5, 5.41) is 2.95. The zero-order chi connectivity index (χ0) is 20.9. The van der Waals surface area contributed by atoms with Gasteiger partial charge in [-0.1, -0.05) is 19.1 Å². The number of benzene rings is 2. The Morgan fingerprint density at radius 1 is 1.07 bits per heavy atom. The van der Waals surface area contributed by atoms with E-state index in [1.807, 2.05) is 19.1 Å². The zero-order valence-electron chi connectivity index (χ0n) is 16.7. The number of nitrogens with one attached hydrogen (secondary N) is 1. The lowest BCUT2D eigenvalue weighted by Crippen LogP contribution is -2.28. The third kappa shape index (κ3) is 4.63. The molecule has 2 aromatic carbocycles. The van der Waals surface area contributed by atoms with Crippen molar-refractivity contribution in [1.29, 1.82) is 0 Å². The Labute approximate surface area is 166 Å². The summed E-state index contributed by atoms with van der Waals surface area (Å²) in [6, 6.07) is 11.2. The molecule has 8 heteroatoms. The summed E-state index contributed by atoms with van der Waals surface area (Å²) in [5.41, 5.74) is 1.15. The third-order valence-corrected chi connectivity index (χ3v) is 6.21. The lowest BCUT2D eigenvalue weighted by Gasteiger charge is -2.19. The van der Waals surface area contributed by atoms with Gasteiger partial charge in [-0.15, -0.1) is 0 Å². The van der Waals surface area contributed by atoms with Crippen LogP contribution < -0.4 is 14.8 Å². The van der Waals surface area contributed by atoms with Gasteiger partial charge in [-0.2, -0.15) is 0 Å². The largest absolute Gasteiger partial charge is 0.493 e. The molecule has 0 fully saturated rings. The van der Waals surface area contributed by atoms with Gasteiger partial charge in [0.1, 0.15) is 0 Å². The van der Waals surface area contributed by atoms with E-state index in [4.69, 9.17) is 9.47 Å². The summed E-state index contributed by atoms with van der Waals surface area (Å²) in [6.45, 7) is 1.95. The molecule has 0 saturated carbocycles. The zero-order valence-corrected chi connectivity index (χ0v) is 17.5. The van der Waals surface area contributed by atoms with E-state index in [1.54, 1.807) is 32.4 Å². The van der Waals surface area contributed by atoms with Gasteiger partial charge in [0, 0.05) is 19.7 Å². The van der Waals surface area contributed by atoms with Crippen molar-refractivity contribution in [3.8, 4) is 11.5 Å². The maximum atomic E-state index is 12.7. The van der Waals surface area contributed by atoms with Crippen molar-refractivity contribution in [1.82, 2.24) is 9.62 Å². The Morgan fingerprint density at radius 2 is 1.75 bits per heavy atom. The molecular weight excluding hydrogens is 380 g/mol. The van der Waals surface area contributed by atoms with Crippen LogP contribution in [-0.2, 0) is 10.0 Å². The van der Waals surface area contributed by atoms with E-state index in [9.17, 15) is 13.2 Å². The first kappa shape index (κ1) is 21.7. The minimum atomic E-state index is -3.61. The molecule has 0 aliphatic carbocycles. The van der Waals surface area contributed by atoms with Gasteiger partial charge in [-0.25, -0.2) is 12.7 Å². The minimum Gasteiger partial charge on any atom is -0.493 e. The molecule has 2 aromatic rings. The van der Waals surface area contributed by atoms with Crippen LogP contribution in [0.4, 0.5) is 0 Å².